The monoisotopic (exact) mass is 376 g/mol. The van der Waals surface area contributed by atoms with Gasteiger partial charge in [0.25, 0.3) is 5.91 Å². The third-order valence-electron chi connectivity index (χ3n) is 4.09. The number of ether oxygens (including phenoxy) is 2. The van der Waals surface area contributed by atoms with Crippen molar-refractivity contribution in [1.29, 1.82) is 0 Å². The van der Waals surface area contributed by atoms with E-state index in [1.54, 1.807) is 19.2 Å². The van der Waals surface area contributed by atoms with Gasteiger partial charge < -0.3 is 19.7 Å². The number of benzene rings is 2. The Kier molecular flexibility index (Phi) is 7.30. The first kappa shape index (κ1) is 20.1. The van der Waals surface area contributed by atoms with Gasteiger partial charge in [0.2, 0.25) is 0 Å². The van der Waals surface area contributed by atoms with Crippen LogP contribution in [0.3, 0.4) is 0 Å². The molecule has 0 aliphatic rings. The SMILES string of the molecule is COc1cccc(C(CNC(=O)COc2ccc(Cl)c(C)c2)N(C)C)c1. The summed E-state index contributed by atoms with van der Waals surface area (Å²) in [5, 5.41) is 3.60. The van der Waals surface area contributed by atoms with E-state index in [9.17, 15) is 4.79 Å². The van der Waals surface area contributed by atoms with Crippen LogP contribution >= 0.6 is 11.6 Å². The van der Waals surface area contributed by atoms with Crippen molar-refractivity contribution in [3.63, 3.8) is 0 Å². The third kappa shape index (κ3) is 5.64. The Morgan fingerprint density at radius 2 is 1.96 bits per heavy atom. The van der Waals surface area contributed by atoms with Crippen LogP contribution in [0, 0.1) is 6.92 Å². The van der Waals surface area contributed by atoms with Gasteiger partial charge in [0.05, 0.1) is 13.2 Å². The Balaban J connectivity index is 1.91. The third-order valence-corrected chi connectivity index (χ3v) is 4.52. The number of aryl methyl sites for hydroxylation is 1. The molecule has 0 aliphatic carbocycles. The van der Waals surface area contributed by atoms with Gasteiger partial charge in [-0.15, -0.1) is 0 Å². The molecule has 1 atom stereocenters. The lowest BCUT2D eigenvalue weighted by atomic mass is 10.1. The van der Waals surface area contributed by atoms with Gasteiger partial charge in [-0.05, 0) is 62.5 Å². The zero-order chi connectivity index (χ0) is 19.1. The molecule has 140 valence electrons. The van der Waals surface area contributed by atoms with E-state index >= 15 is 0 Å². The number of hydrogen-bond donors (Lipinski definition) is 1. The summed E-state index contributed by atoms with van der Waals surface area (Å²) < 4.78 is 10.8. The minimum atomic E-state index is -0.174. The molecule has 0 aliphatic heterocycles. The molecule has 6 heteroatoms. The summed E-state index contributed by atoms with van der Waals surface area (Å²) >= 11 is 5.99. The number of carbonyl (C=O) groups is 1. The molecule has 0 saturated heterocycles. The molecular weight excluding hydrogens is 352 g/mol. The summed E-state index contributed by atoms with van der Waals surface area (Å²) in [5.74, 6) is 1.24. The van der Waals surface area contributed by atoms with Gasteiger partial charge in [-0.1, -0.05) is 23.7 Å². The predicted molar refractivity (Wildman–Crippen MR) is 104 cm³/mol. The molecule has 0 spiro atoms. The molecule has 2 aromatic carbocycles. The van der Waals surface area contributed by atoms with E-state index in [1.807, 2.05) is 51.4 Å². The summed E-state index contributed by atoms with van der Waals surface area (Å²) in [6, 6.07) is 13.2. The zero-order valence-corrected chi connectivity index (χ0v) is 16.3. The van der Waals surface area contributed by atoms with E-state index in [-0.39, 0.29) is 18.6 Å². The van der Waals surface area contributed by atoms with Crippen molar-refractivity contribution in [1.82, 2.24) is 10.2 Å². The van der Waals surface area contributed by atoms with Crippen molar-refractivity contribution >= 4 is 17.5 Å². The lowest BCUT2D eigenvalue weighted by molar-refractivity contribution is -0.123. The summed E-state index contributed by atoms with van der Waals surface area (Å²) in [7, 11) is 5.59. The highest BCUT2D eigenvalue weighted by atomic mass is 35.5. The number of amides is 1. The first-order chi connectivity index (χ1) is 12.4. The molecular formula is C20H25ClN2O3. The number of halogens is 1. The second-order valence-corrected chi connectivity index (χ2v) is 6.67. The average molecular weight is 377 g/mol. The van der Waals surface area contributed by atoms with Crippen LogP contribution in [0.5, 0.6) is 11.5 Å². The zero-order valence-electron chi connectivity index (χ0n) is 15.6. The smallest absolute Gasteiger partial charge is 0.258 e. The van der Waals surface area contributed by atoms with Gasteiger partial charge in [0, 0.05) is 11.6 Å². The Morgan fingerprint density at radius 1 is 1.19 bits per heavy atom. The molecule has 2 aromatic rings. The van der Waals surface area contributed by atoms with Crippen LogP contribution in [0.15, 0.2) is 42.5 Å². The fourth-order valence-electron chi connectivity index (χ4n) is 2.56. The second-order valence-electron chi connectivity index (χ2n) is 6.26. The van der Waals surface area contributed by atoms with Crippen molar-refractivity contribution < 1.29 is 14.3 Å². The fourth-order valence-corrected chi connectivity index (χ4v) is 2.68. The van der Waals surface area contributed by atoms with Crippen molar-refractivity contribution in [3.8, 4) is 11.5 Å². The molecule has 0 heterocycles. The molecule has 26 heavy (non-hydrogen) atoms. The summed E-state index contributed by atoms with van der Waals surface area (Å²) in [6.45, 7) is 2.33. The van der Waals surface area contributed by atoms with Gasteiger partial charge in [0.1, 0.15) is 11.5 Å². The van der Waals surface area contributed by atoms with Gasteiger partial charge in [-0.3, -0.25) is 4.79 Å². The van der Waals surface area contributed by atoms with E-state index < -0.39 is 0 Å². The Morgan fingerprint density at radius 3 is 2.62 bits per heavy atom. The number of hydrogen-bond acceptors (Lipinski definition) is 4. The molecule has 0 bridgehead atoms. The quantitative estimate of drug-likeness (QED) is 0.766. The first-order valence-corrected chi connectivity index (χ1v) is 8.74. The number of rotatable bonds is 8. The minimum absolute atomic E-state index is 0.0341. The van der Waals surface area contributed by atoms with E-state index in [1.165, 1.54) is 0 Å². The van der Waals surface area contributed by atoms with Crippen molar-refractivity contribution in [2.75, 3.05) is 34.4 Å². The number of carbonyl (C=O) groups excluding carboxylic acids is 1. The number of nitrogens with one attached hydrogen (secondary N) is 1. The van der Waals surface area contributed by atoms with Crippen LogP contribution in [0.4, 0.5) is 0 Å². The standard InChI is InChI=1S/C20H25ClN2O3/c1-14-10-17(8-9-18(14)21)26-13-20(24)22-12-19(23(2)3)15-6-5-7-16(11-15)25-4/h5-11,19H,12-13H2,1-4H3,(H,22,24). The van der Waals surface area contributed by atoms with Crippen molar-refractivity contribution in [2.45, 2.75) is 13.0 Å². The molecule has 0 saturated carbocycles. The highest BCUT2D eigenvalue weighted by molar-refractivity contribution is 6.31. The summed E-state index contributed by atoms with van der Waals surface area (Å²) in [4.78, 5) is 14.2. The summed E-state index contributed by atoms with van der Waals surface area (Å²) in [5.41, 5.74) is 1.99. The van der Waals surface area contributed by atoms with E-state index in [4.69, 9.17) is 21.1 Å². The van der Waals surface area contributed by atoms with Gasteiger partial charge in [0.15, 0.2) is 6.61 Å². The number of likely N-dealkylation sites (N-methyl/N-ethyl adjacent to an activating group) is 1. The summed E-state index contributed by atoms with van der Waals surface area (Å²) in [6.07, 6.45) is 0. The van der Waals surface area contributed by atoms with Gasteiger partial charge in [-0.25, -0.2) is 0 Å². The molecule has 2 rings (SSSR count). The Labute approximate surface area is 159 Å². The van der Waals surface area contributed by atoms with Crippen LogP contribution in [-0.2, 0) is 4.79 Å². The van der Waals surface area contributed by atoms with Crippen LogP contribution in [0.1, 0.15) is 17.2 Å². The van der Waals surface area contributed by atoms with Crippen LogP contribution < -0.4 is 14.8 Å². The molecule has 0 aromatic heterocycles. The van der Waals surface area contributed by atoms with Crippen molar-refractivity contribution in [3.05, 3.63) is 58.6 Å². The van der Waals surface area contributed by atoms with Crippen molar-refractivity contribution in [2.24, 2.45) is 0 Å². The lowest BCUT2D eigenvalue weighted by Gasteiger charge is -2.25. The highest BCUT2D eigenvalue weighted by Gasteiger charge is 2.16. The first-order valence-electron chi connectivity index (χ1n) is 8.36. The maximum atomic E-state index is 12.1. The normalized spacial score (nSPS) is 11.9. The van der Waals surface area contributed by atoms with Gasteiger partial charge >= 0.3 is 0 Å². The molecule has 1 unspecified atom stereocenters. The van der Waals surface area contributed by atoms with Crippen LogP contribution in [0.2, 0.25) is 5.02 Å². The average Bonchev–Trinajstić information content (AvgIpc) is 2.62. The topological polar surface area (TPSA) is 50.8 Å². The Hall–Kier alpha value is -2.24. The molecule has 5 nitrogen and oxygen atoms in total. The number of methoxy groups -OCH3 is 1. The highest BCUT2D eigenvalue weighted by Crippen LogP contribution is 2.22. The Bertz CT molecular complexity index is 750. The maximum absolute atomic E-state index is 12.1. The fraction of sp³-hybridized carbons (Fsp3) is 0.350. The minimum Gasteiger partial charge on any atom is -0.497 e. The van der Waals surface area contributed by atoms with E-state index in [0.29, 0.717) is 17.3 Å². The predicted octanol–water partition coefficient (Wildman–Crippen LogP) is 3.45. The molecule has 1 N–H and O–H groups in total. The van der Waals surface area contributed by atoms with Gasteiger partial charge in [-0.2, -0.15) is 0 Å². The lowest BCUT2D eigenvalue weighted by Crippen LogP contribution is -2.36. The second kappa shape index (κ2) is 9.46. The van der Waals surface area contributed by atoms with E-state index in [0.717, 1.165) is 16.9 Å². The molecule has 0 fully saturated rings. The molecule has 0 radical (unpaired) electrons. The molecule has 1 amide bonds. The largest absolute Gasteiger partial charge is 0.497 e. The van der Waals surface area contributed by atoms with Crippen LogP contribution in [0.25, 0.3) is 0 Å². The maximum Gasteiger partial charge on any atom is 0.258 e. The van der Waals surface area contributed by atoms with Crippen LogP contribution in [-0.4, -0.2) is 45.2 Å². The van der Waals surface area contributed by atoms with E-state index in [2.05, 4.69) is 10.2 Å². The number of nitrogens with zero attached hydrogens (tertiary/aromatic N) is 1.